The minimum atomic E-state index is -0.992. The number of amides is 3. The maximum atomic E-state index is 13.9. The molecule has 0 aliphatic rings. The summed E-state index contributed by atoms with van der Waals surface area (Å²) < 4.78 is 5.42. The molecule has 7 nitrogen and oxygen atoms in total. The molecule has 0 bridgehead atoms. The van der Waals surface area contributed by atoms with Crippen LogP contribution in [-0.2, 0) is 9.59 Å². The van der Waals surface area contributed by atoms with E-state index in [1.807, 2.05) is 52.8 Å². The average molecular weight is 522 g/mol. The third-order valence-corrected chi connectivity index (χ3v) is 7.31. The fraction of sp³-hybridized carbons (Fsp3) is 0.345. The van der Waals surface area contributed by atoms with Gasteiger partial charge in [0, 0.05) is 11.2 Å². The van der Waals surface area contributed by atoms with Crippen molar-refractivity contribution in [1.29, 1.82) is 0 Å². The Morgan fingerprint density at radius 2 is 1.78 bits per heavy atom. The number of carbonyl (C=O) groups is 3. The van der Waals surface area contributed by atoms with Gasteiger partial charge >= 0.3 is 0 Å². The molecule has 0 unspecified atom stereocenters. The summed E-state index contributed by atoms with van der Waals surface area (Å²) in [4.78, 5) is 42.3. The average Bonchev–Trinajstić information content (AvgIpc) is 3.42. The van der Waals surface area contributed by atoms with Crippen molar-refractivity contribution in [3.63, 3.8) is 0 Å². The Morgan fingerprint density at radius 3 is 2.41 bits per heavy atom. The lowest BCUT2D eigenvalue weighted by Gasteiger charge is -2.35. The van der Waals surface area contributed by atoms with Crippen LogP contribution in [0.5, 0.6) is 5.75 Å². The zero-order valence-electron chi connectivity index (χ0n) is 22.3. The van der Waals surface area contributed by atoms with Crippen LogP contribution < -0.4 is 20.3 Å². The molecule has 2 N–H and O–H groups in total. The molecule has 1 atom stereocenters. The fourth-order valence-electron chi connectivity index (χ4n) is 3.77. The molecule has 1 aromatic heterocycles. The monoisotopic (exact) mass is 521 g/mol. The van der Waals surface area contributed by atoms with Gasteiger partial charge in [-0.3, -0.25) is 19.3 Å². The van der Waals surface area contributed by atoms with Crippen molar-refractivity contribution in [2.75, 3.05) is 18.6 Å². The standard InChI is InChI=1S/C29H35N3O4S/c1-7-29(4,5)31-28(35)26(21-10-8-11-23(17-21)36-6)32(22-14-13-19(2)20(3)16-22)25(33)18-30-27(34)24-12-9-15-37-24/h8-17,26H,7,18H2,1-6H3,(H,30,34)(H,31,35)/t26-/m0/s1. The molecule has 196 valence electrons. The molecule has 3 rings (SSSR count). The van der Waals surface area contributed by atoms with E-state index >= 15 is 0 Å². The van der Waals surface area contributed by atoms with E-state index < -0.39 is 17.5 Å². The quantitative estimate of drug-likeness (QED) is 0.385. The number of hydrogen-bond acceptors (Lipinski definition) is 5. The highest BCUT2D eigenvalue weighted by Gasteiger charge is 2.35. The Hall–Kier alpha value is -3.65. The highest BCUT2D eigenvalue weighted by atomic mass is 32.1. The van der Waals surface area contributed by atoms with Crippen molar-refractivity contribution in [1.82, 2.24) is 10.6 Å². The first kappa shape index (κ1) is 27.9. The number of ether oxygens (including phenoxy) is 1. The zero-order valence-corrected chi connectivity index (χ0v) is 23.1. The molecule has 3 aromatic rings. The Kier molecular flexibility index (Phi) is 9.10. The first-order chi connectivity index (χ1) is 17.6. The van der Waals surface area contributed by atoms with Gasteiger partial charge < -0.3 is 15.4 Å². The first-order valence-electron chi connectivity index (χ1n) is 12.2. The van der Waals surface area contributed by atoms with Crippen LogP contribution in [0, 0.1) is 13.8 Å². The lowest BCUT2D eigenvalue weighted by molar-refractivity contribution is -0.127. The molecular formula is C29H35N3O4S. The van der Waals surface area contributed by atoms with E-state index in [0.717, 1.165) is 11.1 Å². The van der Waals surface area contributed by atoms with Crippen molar-refractivity contribution in [3.05, 3.63) is 81.5 Å². The fourth-order valence-corrected chi connectivity index (χ4v) is 4.41. The summed E-state index contributed by atoms with van der Waals surface area (Å²) >= 11 is 1.30. The normalized spacial score (nSPS) is 11.9. The molecule has 0 spiro atoms. The predicted molar refractivity (Wildman–Crippen MR) is 148 cm³/mol. The van der Waals surface area contributed by atoms with Gasteiger partial charge in [-0.05, 0) is 86.5 Å². The number of anilines is 1. The van der Waals surface area contributed by atoms with Gasteiger partial charge in [0.15, 0.2) is 0 Å². The third kappa shape index (κ3) is 6.98. The molecule has 0 aliphatic heterocycles. The van der Waals surface area contributed by atoms with Gasteiger partial charge in [-0.1, -0.05) is 31.2 Å². The molecule has 0 aliphatic carbocycles. The summed E-state index contributed by atoms with van der Waals surface area (Å²) in [7, 11) is 1.56. The van der Waals surface area contributed by atoms with Crippen LogP contribution >= 0.6 is 11.3 Å². The topological polar surface area (TPSA) is 87.7 Å². The van der Waals surface area contributed by atoms with Gasteiger partial charge in [0.1, 0.15) is 11.8 Å². The molecule has 0 fully saturated rings. The van der Waals surface area contributed by atoms with E-state index in [1.54, 1.807) is 48.9 Å². The summed E-state index contributed by atoms with van der Waals surface area (Å²) in [6.45, 7) is 9.55. The third-order valence-electron chi connectivity index (χ3n) is 6.44. The number of aryl methyl sites for hydroxylation is 2. The second-order valence-electron chi connectivity index (χ2n) is 9.60. The van der Waals surface area contributed by atoms with Crippen molar-refractivity contribution < 1.29 is 19.1 Å². The summed E-state index contributed by atoms with van der Waals surface area (Å²) in [6, 6.07) is 15.3. The van der Waals surface area contributed by atoms with E-state index in [1.165, 1.54) is 16.2 Å². The van der Waals surface area contributed by atoms with Crippen LogP contribution in [-0.4, -0.2) is 36.9 Å². The largest absolute Gasteiger partial charge is 0.497 e. The Morgan fingerprint density at radius 1 is 1.03 bits per heavy atom. The Bertz CT molecular complexity index is 1250. The number of nitrogens with zero attached hydrogens (tertiary/aromatic N) is 1. The lowest BCUT2D eigenvalue weighted by Crippen LogP contribution is -2.52. The van der Waals surface area contributed by atoms with Gasteiger partial charge in [-0.25, -0.2) is 0 Å². The number of benzene rings is 2. The van der Waals surface area contributed by atoms with Crippen molar-refractivity contribution >= 4 is 34.7 Å². The van der Waals surface area contributed by atoms with Crippen molar-refractivity contribution in [2.24, 2.45) is 0 Å². The molecule has 1 heterocycles. The molecule has 0 saturated carbocycles. The van der Waals surface area contributed by atoms with Crippen molar-refractivity contribution in [3.8, 4) is 5.75 Å². The van der Waals surface area contributed by atoms with E-state index in [2.05, 4.69) is 10.6 Å². The summed E-state index contributed by atoms with van der Waals surface area (Å²) in [5, 5.41) is 7.62. The maximum absolute atomic E-state index is 13.9. The molecule has 0 saturated heterocycles. The Balaban J connectivity index is 2.08. The molecule has 2 aromatic carbocycles. The predicted octanol–water partition coefficient (Wildman–Crippen LogP) is 5.18. The minimum absolute atomic E-state index is 0.269. The molecular weight excluding hydrogens is 486 g/mol. The summed E-state index contributed by atoms with van der Waals surface area (Å²) in [5.41, 5.74) is 2.73. The van der Waals surface area contributed by atoms with Crippen LogP contribution in [0.15, 0.2) is 60.0 Å². The highest BCUT2D eigenvalue weighted by molar-refractivity contribution is 7.12. The summed E-state index contributed by atoms with van der Waals surface area (Å²) in [6.07, 6.45) is 0.706. The molecule has 3 amide bonds. The molecule has 8 heteroatoms. The minimum Gasteiger partial charge on any atom is -0.497 e. The van der Waals surface area contributed by atoms with Crippen LogP contribution in [0.4, 0.5) is 5.69 Å². The van der Waals surface area contributed by atoms with Gasteiger partial charge in [-0.2, -0.15) is 0 Å². The second-order valence-corrected chi connectivity index (χ2v) is 10.5. The molecule has 0 radical (unpaired) electrons. The first-order valence-corrected chi connectivity index (χ1v) is 13.1. The van der Waals surface area contributed by atoms with Crippen LogP contribution in [0.25, 0.3) is 0 Å². The van der Waals surface area contributed by atoms with Crippen molar-refractivity contribution in [2.45, 2.75) is 52.6 Å². The number of hydrogen-bond donors (Lipinski definition) is 2. The van der Waals surface area contributed by atoms with E-state index in [9.17, 15) is 14.4 Å². The van der Waals surface area contributed by atoms with Gasteiger partial charge in [0.05, 0.1) is 18.5 Å². The number of methoxy groups -OCH3 is 1. The SMILES string of the molecule is CCC(C)(C)NC(=O)[C@H](c1cccc(OC)c1)N(C(=O)CNC(=O)c1cccs1)c1ccc(C)c(C)c1. The van der Waals surface area contributed by atoms with E-state index in [0.29, 0.717) is 28.3 Å². The number of carbonyl (C=O) groups excluding carboxylic acids is 3. The summed E-state index contributed by atoms with van der Waals surface area (Å²) in [5.74, 6) is -0.497. The zero-order chi connectivity index (χ0) is 27.2. The smallest absolute Gasteiger partial charge is 0.261 e. The Labute approximate surface area is 222 Å². The van der Waals surface area contributed by atoms with Gasteiger partial charge in [0.2, 0.25) is 11.8 Å². The van der Waals surface area contributed by atoms with E-state index in [4.69, 9.17) is 4.74 Å². The van der Waals surface area contributed by atoms with Crippen LogP contribution in [0.2, 0.25) is 0 Å². The van der Waals surface area contributed by atoms with E-state index in [-0.39, 0.29) is 18.4 Å². The van der Waals surface area contributed by atoms with Gasteiger partial charge in [0.25, 0.3) is 5.91 Å². The number of thiophene rings is 1. The van der Waals surface area contributed by atoms with Gasteiger partial charge in [-0.15, -0.1) is 11.3 Å². The number of nitrogens with one attached hydrogen (secondary N) is 2. The maximum Gasteiger partial charge on any atom is 0.261 e. The second kappa shape index (κ2) is 12.1. The van der Waals surface area contributed by atoms with Crippen LogP contribution in [0.1, 0.15) is 59.6 Å². The molecule has 37 heavy (non-hydrogen) atoms. The van der Waals surface area contributed by atoms with Crippen LogP contribution in [0.3, 0.4) is 0 Å². The number of rotatable bonds is 10. The lowest BCUT2D eigenvalue weighted by atomic mass is 9.97. The highest BCUT2D eigenvalue weighted by Crippen LogP contribution is 2.32.